The molecule has 6 aromatic carbocycles. The fourth-order valence-corrected chi connectivity index (χ4v) is 11.2. The molecular formula is C65H52N8O2. The van der Waals surface area contributed by atoms with E-state index in [-0.39, 0.29) is 12.1 Å². The van der Waals surface area contributed by atoms with Crippen LogP contribution >= 0.6 is 0 Å². The third kappa shape index (κ3) is 8.13. The van der Waals surface area contributed by atoms with Crippen molar-refractivity contribution < 1.29 is 9.47 Å². The normalized spacial score (nSPS) is 20.5. The lowest BCUT2D eigenvalue weighted by atomic mass is 9.98. The Morgan fingerprint density at radius 2 is 0.920 bits per heavy atom. The van der Waals surface area contributed by atoms with E-state index < -0.39 is 0 Å². The van der Waals surface area contributed by atoms with E-state index in [1.165, 1.54) is 5.57 Å². The van der Waals surface area contributed by atoms with E-state index in [0.717, 1.165) is 142 Å². The Bertz CT molecular complexity index is 3930. The largest absolute Gasteiger partial charge is 0.490 e. The monoisotopic (exact) mass is 976 g/mol. The summed E-state index contributed by atoms with van der Waals surface area (Å²) in [4.78, 5) is 16.5. The molecule has 5 aliphatic rings. The highest BCUT2D eigenvalue weighted by atomic mass is 16.5. The van der Waals surface area contributed by atoms with Gasteiger partial charge in [-0.15, -0.1) is 0 Å². The molecule has 10 heteroatoms. The number of anilines is 2. The predicted molar refractivity (Wildman–Crippen MR) is 303 cm³/mol. The molecule has 0 radical (unpaired) electrons. The zero-order valence-corrected chi connectivity index (χ0v) is 41.0. The maximum absolute atomic E-state index is 6.30. The number of rotatable bonds is 10. The van der Waals surface area contributed by atoms with Crippen LogP contribution in [0.3, 0.4) is 0 Å². The summed E-state index contributed by atoms with van der Waals surface area (Å²) < 4.78 is 12.5. The smallest absolute Gasteiger partial charge is 0.138 e. The predicted octanol–water partition coefficient (Wildman–Crippen LogP) is 10.9. The van der Waals surface area contributed by atoms with Gasteiger partial charge in [-0.25, -0.2) is 4.98 Å². The van der Waals surface area contributed by atoms with Crippen LogP contribution in [0.2, 0.25) is 0 Å². The van der Waals surface area contributed by atoms with Crippen molar-refractivity contribution >= 4 is 56.9 Å². The summed E-state index contributed by atoms with van der Waals surface area (Å²) in [5.41, 5.74) is 20.5. The molecule has 0 spiro atoms. The number of fused-ring (bicyclic) bond motifs is 14. The highest BCUT2D eigenvalue weighted by molar-refractivity contribution is 6.07. The molecule has 0 aliphatic carbocycles. The summed E-state index contributed by atoms with van der Waals surface area (Å²) >= 11 is 0. The van der Waals surface area contributed by atoms with Gasteiger partial charge in [0.15, 0.2) is 0 Å². The maximum Gasteiger partial charge on any atom is 0.138 e. The van der Waals surface area contributed by atoms with Crippen molar-refractivity contribution in [2.45, 2.75) is 12.1 Å². The van der Waals surface area contributed by atoms with Gasteiger partial charge in [-0.2, -0.15) is 0 Å². The van der Waals surface area contributed by atoms with Gasteiger partial charge in [-0.3, -0.25) is 0 Å². The van der Waals surface area contributed by atoms with Crippen molar-refractivity contribution in [3.05, 3.63) is 267 Å². The molecule has 0 fully saturated rings. The maximum atomic E-state index is 6.30. The molecule has 0 amide bonds. The first-order valence-corrected chi connectivity index (χ1v) is 25.7. The Morgan fingerprint density at radius 3 is 1.47 bits per heavy atom. The third-order valence-corrected chi connectivity index (χ3v) is 14.7. The number of ether oxygens (including phenoxy) is 2. The molecule has 5 aliphatic heterocycles. The number of imidazole rings is 1. The number of nitrogens with one attached hydrogen (secondary N) is 7. The van der Waals surface area contributed by atoms with Crippen molar-refractivity contribution in [3.63, 3.8) is 0 Å². The molecule has 7 N–H and O–H groups in total. The molecule has 3 aromatic heterocycles. The van der Waals surface area contributed by atoms with Crippen molar-refractivity contribution in [1.82, 2.24) is 30.6 Å². The molecule has 10 nitrogen and oxygen atoms in total. The van der Waals surface area contributed by atoms with E-state index in [0.29, 0.717) is 13.2 Å². The number of aromatic amines is 3. The lowest BCUT2D eigenvalue weighted by molar-refractivity contribution is 0.217. The standard InChI is InChI=1S/C65H52N8O2/c1-4-12-40(13-5-1)57-49-28-30-51(68-49)58(41-14-6-2-7-15-41)53-32-34-55(70-53)60(56-35-33-54(71-56)59(42-16-8-3-9-17-42)52-31-29-50(57)69-52)43-20-24-45(25-21-43)74-38-39-75-46-26-22-44(23-27-46)65-72-63-47-18-10-36-66-61(47)62-48(64(63)73-65)19-11-37-67-62/h1-35,49,54,66-71H,36-39H2,(H,72,73)/b57-50-,58-51-,59-52-,60-56-. The minimum absolute atomic E-state index is 0.0846. The van der Waals surface area contributed by atoms with Gasteiger partial charge >= 0.3 is 0 Å². The van der Waals surface area contributed by atoms with Crippen LogP contribution in [0, 0.1) is 0 Å². The van der Waals surface area contributed by atoms with Crippen LogP contribution in [0.5, 0.6) is 11.5 Å². The minimum Gasteiger partial charge on any atom is -0.490 e. The van der Waals surface area contributed by atoms with E-state index in [9.17, 15) is 0 Å². The summed E-state index contributed by atoms with van der Waals surface area (Å²) in [5.74, 6) is 2.35. The summed E-state index contributed by atoms with van der Waals surface area (Å²) in [6, 6.07) is 57.1. The van der Waals surface area contributed by atoms with Gasteiger partial charge in [-0.1, -0.05) is 140 Å². The van der Waals surface area contributed by atoms with Crippen molar-refractivity contribution in [2.24, 2.45) is 0 Å². The van der Waals surface area contributed by atoms with Gasteiger partial charge in [0.05, 0.1) is 34.5 Å². The highest BCUT2D eigenvalue weighted by Crippen LogP contribution is 2.43. The average molecular weight is 977 g/mol. The number of hydrogen-bond acceptors (Lipinski definition) is 7. The van der Waals surface area contributed by atoms with Gasteiger partial charge in [0.25, 0.3) is 0 Å². The first-order chi connectivity index (χ1) is 37.2. The highest BCUT2D eigenvalue weighted by Gasteiger charge is 2.28. The Kier molecular flexibility index (Phi) is 11.0. The molecule has 9 aromatic rings. The van der Waals surface area contributed by atoms with Crippen LogP contribution in [0.1, 0.15) is 44.8 Å². The van der Waals surface area contributed by atoms with Crippen LogP contribution in [0.15, 0.2) is 212 Å². The first-order valence-electron chi connectivity index (χ1n) is 25.7. The second-order valence-electron chi connectivity index (χ2n) is 19.2. The Labute approximate surface area is 434 Å². The topological polar surface area (TPSA) is 127 Å². The van der Waals surface area contributed by atoms with E-state index in [1.54, 1.807) is 0 Å². The van der Waals surface area contributed by atoms with Crippen LogP contribution in [0.4, 0.5) is 11.4 Å². The van der Waals surface area contributed by atoms with Crippen LogP contribution in [-0.2, 0) is 0 Å². The average Bonchev–Trinajstić information content (AvgIpc) is 4.36. The second kappa shape index (κ2) is 18.7. The van der Waals surface area contributed by atoms with E-state index in [4.69, 9.17) is 14.5 Å². The fourth-order valence-electron chi connectivity index (χ4n) is 11.2. The summed E-state index contributed by atoms with van der Waals surface area (Å²) in [5, 5.41) is 17.2. The minimum atomic E-state index is -0.118. The van der Waals surface area contributed by atoms with Gasteiger partial charge < -0.3 is 45.7 Å². The quantitative estimate of drug-likeness (QED) is 0.0681. The molecule has 0 saturated heterocycles. The number of hydrogen-bond donors (Lipinski definition) is 7. The zero-order chi connectivity index (χ0) is 49.7. The van der Waals surface area contributed by atoms with Crippen LogP contribution in [-0.4, -0.2) is 58.3 Å². The van der Waals surface area contributed by atoms with Gasteiger partial charge in [0.1, 0.15) is 30.5 Å². The Morgan fingerprint density at radius 1 is 0.440 bits per heavy atom. The molecule has 8 bridgehead atoms. The van der Waals surface area contributed by atoms with Crippen molar-refractivity contribution in [1.29, 1.82) is 0 Å². The molecule has 2 atom stereocenters. The first kappa shape index (κ1) is 44.1. The van der Waals surface area contributed by atoms with Crippen molar-refractivity contribution in [2.75, 3.05) is 36.9 Å². The van der Waals surface area contributed by atoms with E-state index in [1.807, 2.05) is 24.3 Å². The van der Waals surface area contributed by atoms with E-state index >= 15 is 0 Å². The van der Waals surface area contributed by atoms with Gasteiger partial charge in [0.2, 0.25) is 0 Å². The molecule has 14 rings (SSSR count). The van der Waals surface area contributed by atoms with Gasteiger partial charge in [0, 0.05) is 85.6 Å². The fraction of sp³-hybridized carbons (Fsp3) is 0.0923. The van der Waals surface area contributed by atoms with Gasteiger partial charge in [-0.05, 0) is 95.1 Å². The second-order valence-corrected chi connectivity index (χ2v) is 19.2. The van der Waals surface area contributed by atoms with Crippen molar-refractivity contribution in [3.8, 4) is 22.9 Å². The summed E-state index contributed by atoms with van der Waals surface area (Å²) in [6.07, 6.45) is 17.7. The Hall–Kier alpha value is -9.67. The number of H-pyrrole nitrogens is 3. The van der Waals surface area contributed by atoms with E-state index in [2.05, 4.69) is 224 Å². The van der Waals surface area contributed by atoms with Crippen LogP contribution < -0.4 is 41.4 Å². The molecule has 8 heterocycles. The zero-order valence-electron chi connectivity index (χ0n) is 41.0. The number of benzene rings is 6. The number of allylic oxidation sites excluding steroid dienone is 2. The Balaban J connectivity index is 0.757. The molecule has 2 unspecified atom stereocenters. The third-order valence-electron chi connectivity index (χ3n) is 14.7. The lowest BCUT2D eigenvalue weighted by Crippen LogP contribution is -2.31. The summed E-state index contributed by atoms with van der Waals surface area (Å²) in [6.45, 7) is 2.37. The van der Waals surface area contributed by atoms with Crippen LogP contribution in [0.25, 0.3) is 56.9 Å². The molecular weight excluding hydrogens is 925 g/mol. The summed E-state index contributed by atoms with van der Waals surface area (Å²) in [7, 11) is 0. The number of nitrogens with zero attached hydrogens (tertiary/aromatic N) is 1. The molecule has 0 saturated carbocycles. The SMILES string of the molecule is C1=Cc2c(c3c(c4[nH]c(-c5ccc(OCCOc6ccc(/C7=C8\C=CC(N8)/C(c8ccccc8)=c8/cc/c([nH]8)=C(\c8ccccc8)C8C=C/C(=C(\c9ccccc9)c9ccc7[nH]9)N8)cc6)cc5)nc24)C=CCN3)NC1. The number of aromatic nitrogens is 4. The lowest BCUT2D eigenvalue weighted by Gasteiger charge is -2.23. The molecule has 364 valence electrons. The molecule has 75 heavy (non-hydrogen) atoms.